The molecule has 0 radical (unpaired) electrons. The van der Waals surface area contributed by atoms with Crippen molar-refractivity contribution in [2.24, 2.45) is 5.92 Å². The van der Waals surface area contributed by atoms with Gasteiger partial charge in [0.05, 0.1) is 27.4 Å². The van der Waals surface area contributed by atoms with E-state index in [1.165, 1.54) is 0 Å². The highest BCUT2D eigenvalue weighted by Gasteiger charge is 2.35. The van der Waals surface area contributed by atoms with E-state index in [-0.39, 0.29) is 5.92 Å². The summed E-state index contributed by atoms with van der Waals surface area (Å²) in [6, 6.07) is 9.57. The Morgan fingerprint density at radius 2 is 1.70 bits per heavy atom. The molecule has 1 heterocycles. The first-order valence-electron chi connectivity index (χ1n) is 11.0. The Hall–Kier alpha value is -3.42. The number of rotatable bonds is 8. The summed E-state index contributed by atoms with van der Waals surface area (Å²) in [6.45, 7) is 4.29. The number of amides is 2. The van der Waals surface area contributed by atoms with Crippen LogP contribution in [0.4, 0.5) is 4.79 Å². The number of nitrogens with one attached hydrogen (secondary N) is 1. The molecule has 8 heteroatoms. The number of hydrogen-bond donors (Lipinski definition) is 2. The Morgan fingerprint density at radius 1 is 1.06 bits per heavy atom. The summed E-state index contributed by atoms with van der Waals surface area (Å²) in [4.78, 5) is 26.8. The topological polar surface area (TPSA) is 97.3 Å². The average molecular weight is 457 g/mol. The second-order valence-corrected chi connectivity index (χ2v) is 8.49. The van der Waals surface area contributed by atoms with Gasteiger partial charge in [0.1, 0.15) is 11.8 Å². The van der Waals surface area contributed by atoms with Gasteiger partial charge in [-0.2, -0.15) is 0 Å². The molecule has 0 spiro atoms. The molecule has 1 aliphatic heterocycles. The lowest BCUT2D eigenvalue weighted by atomic mass is 9.87. The standard InChI is InChI=1S/C25H32N2O6/c1-15(2)12-20(24(28)29)26-25(30)27-11-10-17-13-21(32-4)22(33-5)14-19(17)23(27)16-6-8-18(31-3)9-7-16/h6-9,13-15,20,23H,10-12H2,1-5H3,(H,26,30)(H,28,29). The summed E-state index contributed by atoms with van der Waals surface area (Å²) in [5, 5.41) is 12.3. The van der Waals surface area contributed by atoms with Crippen molar-refractivity contribution in [1.82, 2.24) is 10.2 Å². The number of hydrogen-bond acceptors (Lipinski definition) is 5. The number of carboxylic acids is 1. The van der Waals surface area contributed by atoms with E-state index < -0.39 is 24.1 Å². The Bertz CT molecular complexity index is 989. The minimum Gasteiger partial charge on any atom is -0.497 e. The molecule has 1 aliphatic rings. The van der Waals surface area contributed by atoms with Gasteiger partial charge in [-0.25, -0.2) is 9.59 Å². The molecule has 178 valence electrons. The number of methoxy groups -OCH3 is 3. The molecule has 2 aromatic rings. The summed E-state index contributed by atoms with van der Waals surface area (Å²) in [6.07, 6.45) is 0.960. The van der Waals surface area contributed by atoms with Gasteiger partial charge in [0.15, 0.2) is 11.5 Å². The Morgan fingerprint density at radius 3 is 2.24 bits per heavy atom. The minimum absolute atomic E-state index is 0.127. The number of carbonyl (C=O) groups excluding carboxylic acids is 1. The van der Waals surface area contributed by atoms with Gasteiger partial charge < -0.3 is 29.5 Å². The molecule has 8 nitrogen and oxygen atoms in total. The van der Waals surface area contributed by atoms with Crippen LogP contribution in [-0.2, 0) is 11.2 Å². The number of aliphatic carboxylic acids is 1. The largest absolute Gasteiger partial charge is 0.497 e. The lowest BCUT2D eigenvalue weighted by Crippen LogP contribution is -2.51. The molecule has 2 unspecified atom stereocenters. The van der Waals surface area contributed by atoms with Gasteiger partial charge in [-0.05, 0) is 59.7 Å². The Kier molecular flexibility index (Phi) is 7.68. The highest BCUT2D eigenvalue weighted by molar-refractivity contribution is 5.83. The first-order chi connectivity index (χ1) is 15.8. The van der Waals surface area contributed by atoms with Crippen LogP contribution in [-0.4, -0.2) is 55.9 Å². The van der Waals surface area contributed by atoms with Crippen LogP contribution in [0.1, 0.15) is 43.0 Å². The van der Waals surface area contributed by atoms with Crippen molar-refractivity contribution in [3.63, 3.8) is 0 Å². The zero-order chi connectivity index (χ0) is 24.1. The van der Waals surface area contributed by atoms with E-state index in [0.29, 0.717) is 36.6 Å². The third-order valence-electron chi connectivity index (χ3n) is 5.87. The van der Waals surface area contributed by atoms with E-state index in [0.717, 1.165) is 16.7 Å². The molecular formula is C25H32N2O6. The molecule has 0 saturated carbocycles. The van der Waals surface area contributed by atoms with Crippen molar-refractivity contribution >= 4 is 12.0 Å². The van der Waals surface area contributed by atoms with Gasteiger partial charge in [0, 0.05) is 6.54 Å². The van der Waals surface area contributed by atoms with E-state index >= 15 is 0 Å². The molecule has 2 aromatic carbocycles. The van der Waals surface area contributed by atoms with Crippen LogP contribution < -0.4 is 19.5 Å². The van der Waals surface area contributed by atoms with Crippen LogP contribution in [0.25, 0.3) is 0 Å². The second-order valence-electron chi connectivity index (χ2n) is 8.49. The van der Waals surface area contributed by atoms with Crippen molar-refractivity contribution < 1.29 is 28.9 Å². The highest BCUT2D eigenvalue weighted by Crippen LogP contribution is 2.41. The van der Waals surface area contributed by atoms with Gasteiger partial charge in [-0.1, -0.05) is 26.0 Å². The monoisotopic (exact) mass is 456 g/mol. The molecule has 0 fully saturated rings. The Balaban J connectivity index is 2.04. The Labute approximate surface area is 194 Å². The van der Waals surface area contributed by atoms with E-state index in [2.05, 4.69) is 5.32 Å². The maximum absolute atomic E-state index is 13.4. The van der Waals surface area contributed by atoms with Gasteiger partial charge >= 0.3 is 12.0 Å². The van der Waals surface area contributed by atoms with Crippen LogP contribution >= 0.6 is 0 Å². The third kappa shape index (κ3) is 5.32. The lowest BCUT2D eigenvalue weighted by molar-refractivity contribution is -0.139. The molecule has 0 aromatic heterocycles. The van der Waals surface area contributed by atoms with E-state index in [1.54, 1.807) is 26.2 Å². The summed E-state index contributed by atoms with van der Waals surface area (Å²) < 4.78 is 16.3. The summed E-state index contributed by atoms with van der Waals surface area (Å²) >= 11 is 0. The number of nitrogens with zero attached hydrogens (tertiary/aromatic N) is 1. The van der Waals surface area contributed by atoms with Gasteiger partial charge in [0.25, 0.3) is 0 Å². The number of carboxylic acid groups (broad SMARTS) is 1. The molecule has 3 rings (SSSR count). The van der Waals surface area contributed by atoms with E-state index in [4.69, 9.17) is 14.2 Å². The highest BCUT2D eigenvalue weighted by atomic mass is 16.5. The SMILES string of the molecule is COc1ccc(C2c3cc(OC)c(OC)cc3CCN2C(=O)NC(CC(C)C)C(=O)O)cc1. The van der Waals surface area contributed by atoms with Crippen LogP contribution in [0.3, 0.4) is 0 Å². The van der Waals surface area contributed by atoms with Crippen LogP contribution in [0.5, 0.6) is 17.2 Å². The third-order valence-corrected chi connectivity index (χ3v) is 5.87. The fraction of sp³-hybridized carbons (Fsp3) is 0.440. The van der Waals surface area contributed by atoms with Crippen molar-refractivity contribution in [2.45, 2.75) is 38.8 Å². The first-order valence-corrected chi connectivity index (χ1v) is 11.0. The summed E-state index contributed by atoms with van der Waals surface area (Å²) in [7, 11) is 4.76. The van der Waals surface area contributed by atoms with E-state index in [1.807, 2.05) is 50.2 Å². The lowest BCUT2D eigenvalue weighted by Gasteiger charge is -2.38. The number of urea groups is 1. The predicted octanol–water partition coefficient (Wildman–Crippen LogP) is 3.87. The smallest absolute Gasteiger partial charge is 0.326 e. The van der Waals surface area contributed by atoms with Crippen molar-refractivity contribution in [1.29, 1.82) is 0 Å². The fourth-order valence-electron chi connectivity index (χ4n) is 4.24. The van der Waals surface area contributed by atoms with Gasteiger partial charge in [-0.15, -0.1) is 0 Å². The van der Waals surface area contributed by atoms with Crippen molar-refractivity contribution in [2.75, 3.05) is 27.9 Å². The maximum atomic E-state index is 13.4. The molecule has 2 N–H and O–H groups in total. The van der Waals surface area contributed by atoms with Crippen molar-refractivity contribution in [3.8, 4) is 17.2 Å². The molecule has 0 aliphatic carbocycles. The van der Waals surface area contributed by atoms with E-state index in [9.17, 15) is 14.7 Å². The van der Waals surface area contributed by atoms with Crippen molar-refractivity contribution in [3.05, 3.63) is 53.1 Å². The molecule has 33 heavy (non-hydrogen) atoms. The quantitative estimate of drug-likeness (QED) is 0.626. The summed E-state index contributed by atoms with van der Waals surface area (Å²) in [5.41, 5.74) is 2.85. The number of ether oxygens (including phenoxy) is 3. The molecule has 0 bridgehead atoms. The minimum atomic E-state index is -1.04. The molecular weight excluding hydrogens is 424 g/mol. The zero-order valence-electron chi connectivity index (χ0n) is 19.8. The second kappa shape index (κ2) is 10.5. The molecule has 2 atom stereocenters. The van der Waals surface area contributed by atoms with Crippen LogP contribution in [0.15, 0.2) is 36.4 Å². The fourth-order valence-corrected chi connectivity index (χ4v) is 4.24. The number of carbonyl (C=O) groups is 2. The zero-order valence-corrected chi connectivity index (χ0v) is 19.8. The first kappa shape index (κ1) is 24.2. The van der Waals surface area contributed by atoms with Crippen LogP contribution in [0, 0.1) is 5.92 Å². The number of fused-ring (bicyclic) bond motifs is 1. The molecule has 0 saturated heterocycles. The summed E-state index contributed by atoms with van der Waals surface area (Å²) in [5.74, 6) is 0.996. The average Bonchev–Trinajstić information content (AvgIpc) is 2.81. The normalized spacial score (nSPS) is 16.1. The number of benzene rings is 2. The van der Waals surface area contributed by atoms with Crippen LogP contribution in [0.2, 0.25) is 0 Å². The van der Waals surface area contributed by atoms with Gasteiger partial charge in [0.2, 0.25) is 0 Å². The predicted molar refractivity (Wildman–Crippen MR) is 124 cm³/mol. The maximum Gasteiger partial charge on any atom is 0.326 e. The van der Waals surface area contributed by atoms with Gasteiger partial charge in [-0.3, -0.25) is 0 Å². The molecule has 2 amide bonds.